The number of rotatable bonds is 4. The monoisotopic (exact) mass is 196 g/mol. The number of aromatic nitrogens is 1. The molecule has 0 amide bonds. The Bertz CT molecular complexity index is 328. The first-order valence-electron chi connectivity index (χ1n) is 4.17. The lowest BCUT2D eigenvalue weighted by Gasteiger charge is -2.08. The molecule has 76 valence electrons. The molecular weight excluding hydrogens is 184 g/mol. The fourth-order valence-electron chi connectivity index (χ4n) is 1.09. The van der Waals surface area contributed by atoms with Crippen LogP contribution in [0.3, 0.4) is 0 Å². The molecule has 0 aliphatic carbocycles. The second kappa shape index (κ2) is 4.69. The van der Waals surface area contributed by atoms with Crippen molar-refractivity contribution in [2.45, 2.75) is 19.1 Å². The summed E-state index contributed by atoms with van der Waals surface area (Å²) in [7, 11) is 0. The van der Waals surface area contributed by atoms with Crippen LogP contribution in [-0.2, 0) is 11.4 Å². The van der Waals surface area contributed by atoms with Gasteiger partial charge in [0, 0.05) is 0 Å². The van der Waals surface area contributed by atoms with Gasteiger partial charge in [-0.2, -0.15) is 0 Å². The number of carboxylic acid groups (broad SMARTS) is 1. The summed E-state index contributed by atoms with van der Waals surface area (Å²) in [6, 6.07) is 4.36. The number of aliphatic hydroxyl groups excluding tert-OH is 1. The molecule has 0 saturated heterocycles. The summed E-state index contributed by atoms with van der Waals surface area (Å²) in [5.74, 6) is -0.964. The van der Waals surface area contributed by atoms with Gasteiger partial charge in [0.2, 0.25) is 0 Å². The largest absolute Gasteiger partial charge is 0.481 e. The molecule has 0 unspecified atom stereocenters. The third-order valence-corrected chi connectivity index (χ3v) is 1.76. The van der Waals surface area contributed by atoms with Gasteiger partial charge >= 0.3 is 5.97 Å². The van der Waals surface area contributed by atoms with Crippen molar-refractivity contribution in [3.63, 3.8) is 0 Å². The van der Waals surface area contributed by atoms with E-state index in [-0.39, 0.29) is 13.0 Å². The summed E-state index contributed by atoms with van der Waals surface area (Å²) in [4.78, 5) is 14.4. The van der Waals surface area contributed by atoms with Gasteiger partial charge < -0.3 is 15.9 Å². The van der Waals surface area contributed by atoms with Gasteiger partial charge in [-0.05, 0) is 12.1 Å². The zero-order valence-corrected chi connectivity index (χ0v) is 7.55. The highest BCUT2D eigenvalue weighted by molar-refractivity contribution is 5.67. The number of hydrogen-bond donors (Lipinski definition) is 3. The SMILES string of the molecule is N[C@H](CC(=O)O)c1cccc(CO)n1. The lowest BCUT2D eigenvalue weighted by atomic mass is 10.1. The average molecular weight is 196 g/mol. The third-order valence-electron chi connectivity index (χ3n) is 1.76. The predicted molar refractivity (Wildman–Crippen MR) is 49.3 cm³/mol. The van der Waals surface area contributed by atoms with Gasteiger partial charge in [0.05, 0.1) is 30.5 Å². The predicted octanol–water partition coefficient (Wildman–Crippen LogP) is 0.0484. The highest BCUT2D eigenvalue weighted by Gasteiger charge is 2.11. The molecule has 5 nitrogen and oxygen atoms in total. The molecule has 0 aliphatic heterocycles. The number of carbonyl (C=O) groups is 1. The van der Waals surface area contributed by atoms with Crippen LogP contribution in [-0.4, -0.2) is 21.2 Å². The second-order valence-corrected chi connectivity index (χ2v) is 2.92. The van der Waals surface area contributed by atoms with E-state index in [1.807, 2.05) is 0 Å². The number of nitrogens with two attached hydrogens (primary N) is 1. The van der Waals surface area contributed by atoms with Crippen LogP contribution in [0.5, 0.6) is 0 Å². The molecule has 0 saturated carbocycles. The fraction of sp³-hybridized carbons (Fsp3) is 0.333. The molecule has 4 N–H and O–H groups in total. The van der Waals surface area contributed by atoms with Gasteiger partial charge in [-0.3, -0.25) is 9.78 Å². The van der Waals surface area contributed by atoms with Crippen molar-refractivity contribution in [2.24, 2.45) is 5.73 Å². The lowest BCUT2D eigenvalue weighted by molar-refractivity contribution is -0.137. The van der Waals surface area contributed by atoms with E-state index in [2.05, 4.69) is 4.98 Å². The fourth-order valence-corrected chi connectivity index (χ4v) is 1.09. The quantitative estimate of drug-likeness (QED) is 0.632. The highest BCUT2D eigenvalue weighted by atomic mass is 16.4. The first kappa shape index (κ1) is 10.6. The van der Waals surface area contributed by atoms with Gasteiger partial charge in [0.15, 0.2) is 0 Å². The van der Waals surface area contributed by atoms with E-state index in [1.165, 1.54) is 0 Å². The Morgan fingerprint density at radius 2 is 2.29 bits per heavy atom. The summed E-state index contributed by atoms with van der Waals surface area (Å²) < 4.78 is 0. The third kappa shape index (κ3) is 2.79. The van der Waals surface area contributed by atoms with Crippen molar-refractivity contribution in [2.75, 3.05) is 0 Å². The lowest BCUT2D eigenvalue weighted by Crippen LogP contribution is -2.16. The van der Waals surface area contributed by atoms with Crippen molar-refractivity contribution in [3.05, 3.63) is 29.6 Å². The van der Waals surface area contributed by atoms with Crippen LogP contribution in [0.25, 0.3) is 0 Å². The molecule has 0 bridgehead atoms. The van der Waals surface area contributed by atoms with E-state index in [0.29, 0.717) is 11.4 Å². The van der Waals surface area contributed by atoms with Crippen LogP contribution in [0.2, 0.25) is 0 Å². The molecule has 1 aromatic heterocycles. The number of aliphatic hydroxyl groups is 1. The van der Waals surface area contributed by atoms with Crippen LogP contribution < -0.4 is 5.73 Å². The van der Waals surface area contributed by atoms with Crippen molar-refractivity contribution < 1.29 is 15.0 Å². The Kier molecular flexibility index (Phi) is 3.55. The Hall–Kier alpha value is -1.46. The van der Waals surface area contributed by atoms with Gasteiger partial charge in [-0.15, -0.1) is 0 Å². The topological polar surface area (TPSA) is 96.4 Å². The molecule has 1 aromatic rings. The summed E-state index contributed by atoms with van der Waals surface area (Å²) in [5.41, 5.74) is 6.57. The van der Waals surface area contributed by atoms with Crippen molar-refractivity contribution in [1.29, 1.82) is 0 Å². The number of aliphatic carboxylic acids is 1. The molecule has 0 fully saturated rings. The summed E-state index contributed by atoms with van der Waals surface area (Å²) in [6.07, 6.45) is -0.165. The van der Waals surface area contributed by atoms with E-state index in [0.717, 1.165) is 0 Å². The van der Waals surface area contributed by atoms with Crippen LogP contribution in [0.15, 0.2) is 18.2 Å². The van der Waals surface area contributed by atoms with Crippen molar-refractivity contribution >= 4 is 5.97 Å². The van der Waals surface area contributed by atoms with Gasteiger partial charge in [0.1, 0.15) is 0 Å². The zero-order chi connectivity index (χ0) is 10.6. The van der Waals surface area contributed by atoms with E-state index >= 15 is 0 Å². The van der Waals surface area contributed by atoms with E-state index in [9.17, 15) is 4.79 Å². The Morgan fingerprint density at radius 3 is 2.86 bits per heavy atom. The zero-order valence-electron chi connectivity index (χ0n) is 7.55. The summed E-state index contributed by atoms with van der Waals surface area (Å²) in [6.45, 7) is -0.173. The molecule has 0 aliphatic rings. The molecule has 14 heavy (non-hydrogen) atoms. The average Bonchev–Trinajstić information content (AvgIpc) is 2.17. The second-order valence-electron chi connectivity index (χ2n) is 2.92. The number of nitrogens with zero attached hydrogens (tertiary/aromatic N) is 1. The minimum atomic E-state index is -0.964. The smallest absolute Gasteiger partial charge is 0.305 e. The maximum absolute atomic E-state index is 10.4. The highest BCUT2D eigenvalue weighted by Crippen LogP contribution is 2.11. The van der Waals surface area contributed by atoms with Gasteiger partial charge in [0.25, 0.3) is 0 Å². The minimum absolute atomic E-state index is 0.165. The Morgan fingerprint density at radius 1 is 1.57 bits per heavy atom. The standard InChI is InChI=1S/C9H12N2O3/c10-7(4-9(13)14)8-3-1-2-6(5-12)11-8/h1-3,7,12H,4-5,10H2,(H,13,14)/t7-/m1/s1. The maximum Gasteiger partial charge on any atom is 0.305 e. The van der Waals surface area contributed by atoms with Crippen LogP contribution in [0, 0.1) is 0 Å². The van der Waals surface area contributed by atoms with Crippen LogP contribution in [0.1, 0.15) is 23.9 Å². The maximum atomic E-state index is 10.4. The molecule has 1 heterocycles. The summed E-state index contributed by atoms with van der Waals surface area (Å²) in [5, 5.41) is 17.3. The van der Waals surface area contributed by atoms with E-state index in [4.69, 9.17) is 15.9 Å². The molecule has 0 spiro atoms. The van der Waals surface area contributed by atoms with Crippen LogP contribution in [0.4, 0.5) is 0 Å². The van der Waals surface area contributed by atoms with Gasteiger partial charge in [-0.25, -0.2) is 0 Å². The van der Waals surface area contributed by atoms with Gasteiger partial charge in [-0.1, -0.05) is 6.07 Å². The normalized spacial score (nSPS) is 12.4. The number of pyridine rings is 1. The van der Waals surface area contributed by atoms with Crippen molar-refractivity contribution in [1.82, 2.24) is 4.98 Å². The Balaban J connectivity index is 2.78. The molecule has 5 heteroatoms. The van der Waals surface area contributed by atoms with E-state index in [1.54, 1.807) is 18.2 Å². The summed E-state index contributed by atoms with van der Waals surface area (Å²) >= 11 is 0. The first-order chi connectivity index (χ1) is 6.63. The molecule has 0 radical (unpaired) electrons. The van der Waals surface area contributed by atoms with E-state index < -0.39 is 12.0 Å². The molecule has 0 aromatic carbocycles. The van der Waals surface area contributed by atoms with Crippen LogP contribution >= 0.6 is 0 Å². The van der Waals surface area contributed by atoms with Crippen molar-refractivity contribution in [3.8, 4) is 0 Å². The molecule has 1 rings (SSSR count). The minimum Gasteiger partial charge on any atom is -0.481 e. The molecule has 1 atom stereocenters. The first-order valence-corrected chi connectivity index (χ1v) is 4.17. The Labute approximate surface area is 81.2 Å². The number of carboxylic acids is 1. The number of hydrogen-bond acceptors (Lipinski definition) is 4. The molecular formula is C9H12N2O3.